The molecular formula is C32H36N4O4. The smallest absolute Gasteiger partial charge is 0.258 e. The Morgan fingerprint density at radius 2 is 1.93 bits per heavy atom. The number of aromatic nitrogens is 1. The lowest BCUT2D eigenvalue weighted by Crippen LogP contribution is -2.33. The maximum atomic E-state index is 14.0. The van der Waals surface area contributed by atoms with E-state index in [4.69, 9.17) is 4.74 Å². The molecule has 0 radical (unpaired) electrons. The molecule has 2 aromatic carbocycles. The molecule has 0 bridgehead atoms. The minimum atomic E-state index is -0.161. The molecule has 1 atom stereocenters. The van der Waals surface area contributed by atoms with Crippen LogP contribution in [0, 0.1) is 5.41 Å². The van der Waals surface area contributed by atoms with Gasteiger partial charge in [-0.05, 0) is 81.1 Å². The minimum absolute atomic E-state index is 0.0133. The lowest BCUT2D eigenvalue weighted by Gasteiger charge is -2.26. The van der Waals surface area contributed by atoms with Crippen molar-refractivity contribution in [1.29, 1.82) is 0 Å². The topological polar surface area (TPSA) is 83.9 Å². The van der Waals surface area contributed by atoms with Crippen molar-refractivity contribution in [3.05, 3.63) is 89.3 Å². The SMILES string of the molecule is COc1cc(C(=O)N2CCC3(C=C(C(=O)NCCN(C)C)CC3)Cc3ccccc32)ccc1-n1ccc(C=O)c1. The average Bonchev–Trinajstić information content (AvgIpc) is 3.57. The number of nitrogens with one attached hydrogen (secondary N) is 1. The monoisotopic (exact) mass is 540 g/mol. The summed E-state index contributed by atoms with van der Waals surface area (Å²) in [6.45, 7) is 1.96. The summed E-state index contributed by atoms with van der Waals surface area (Å²) in [6, 6.07) is 15.2. The Balaban J connectivity index is 1.40. The summed E-state index contributed by atoms with van der Waals surface area (Å²) in [5.41, 5.74) is 4.53. The van der Waals surface area contributed by atoms with Gasteiger partial charge in [-0.3, -0.25) is 14.4 Å². The fourth-order valence-corrected chi connectivity index (χ4v) is 5.79. The van der Waals surface area contributed by atoms with Gasteiger partial charge in [-0.15, -0.1) is 0 Å². The molecule has 5 rings (SSSR count). The molecule has 8 nitrogen and oxygen atoms in total. The number of carbonyl (C=O) groups excluding carboxylic acids is 3. The van der Waals surface area contributed by atoms with E-state index in [-0.39, 0.29) is 17.2 Å². The maximum absolute atomic E-state index is 14.0. The molecule has 3 aromatic rings. The maximum Gasteiger partial charge on any atom is 0.258 e. The van der Waals surface area contributed by atoms with Gasteiger partial charge in [0, 0.05) is 54.4 Å². The minimum Gasteiger partial charge on any atom is -0.495 e. The number of benzene rings is 2. The molecule has 0 saturated carbocycles. The highest BCUT2D eigenvalue weighted by atomic mass is 16.5. The summed E-state index contributed by atoms with van der Waals surface area (Å²) in [5.74, 6) is 0.459. The first-order valence-electron chi connectivity index (χ1n) is 13.7. The molecule has 40 heavy (non-hydrogen) atoms. The van der Waals surface area contributed by atoms with E-state index >= 15 is 0 Å². The van der Waals surface area contributed by atoms with Crippen LogP contribution < -0.4 is 15.0 Å². The molecule has 1 spiro atoms. The molecule has 1 aliphatic heterocycles. The van der Waals surface area contributed by atoms with Crippen LogP contribution in [0.2, 0.25) is 0 Å². The predicted octanol–water partition coefficient (Wildman–Crippen LogP) is 4.28. The quantitative estimate of drug-likeness (QED) is 0.432. The van der Waals surface area contributed by atoms with Crippen molar-refractivity contribution in [3.63, 3.8) is 0 Å². The van der Waals surface area contributed by atoms with Gasteiger partial charge in [0.1, 0.15) is 5.75 Å². The van der Waals surface area contributed by atoms with Crippen molar-refractivity contribution in [2.24, 2.45) is 5.41 Å². The van der Waals surface area contributed by atoms with E-state index in [1.165, 1.54) is 0 Å². The van der Waals surface area contributed by atoms with E-state index < -0.39 is 0 Å². The van der Waals surface area contributed by atoms with Gasteiger partial charge < -0.3 is 24.4 Å². The third-order valence-electron chi connectivity index (χ3n) is 7.97. The first-order valence-corrected chi connectivity index (χ1v) is 13.7. The van der Waals surface area contributed by atoms with Crippen molar-refractivity contribution in [2.45, 2.75) is 25.7 Å². The average molecular weight is 541 g/mol. The Morgan fingerprint density at radius 1 is 1.10 bits per heavy atom. The number of nitrogens with zero attached hydrogens (tertiary/aromatic N) is 3. The highest BCUT2D eigenvalue weighted by molar-refractivity contribution is 6.07. The highest BCUT2D eigenvalue weighted by Gasteiger charge is 2.39. The molecule has 2 amide bonds. The first kappa shape index (κ1) is 27.4. The number of rotatable bonds is 8. The van der Waals surface area contributed by atoms with Gasteiger partial charge in [0.25, 0.3) is 5.91 Å². The van der Waals surface area contributed by atoms with Crippen LogP contribution in [0.15, 0.2) is 72.6 Å². The number of carbonyl (C=O) groups is 3. The Kier molecular flexibility index (Phi) is 7.89. The van der Waals surface area contributed by atoms with Crippen LogP contribution in [0.25, 0.3) is 5.69 Å². The Labute approximate surface area is 235 Å². The third-order valence-corrected chi connectivity index (χ3v) is 7.97. The van der Waals surface area contributed by atoms with Gasteiger partial charge in [0.2, 0.25) is 5.91 Å². The van der Waals surface area contributed by atoms with Crippen molar-refractivity contribution in [3.8, 4) is 11.4 Å². The molecule has 1 aliphatic carbocycles. The van der Waals surface area contributed by atoms with Gasteiger partial charge in [-0.1, -0.05) is 24.3 Å². The molecule has 2 aliphatic rings. The van der Waals surface area contributed by atoms with Gasteiger partial charge in [-0.25, -0.2) is 0 Å². The summed E-state index contributed by atoms with van der Waals surface area (Å²) in [6.07, 6.45) is 9.68. The number of hydrogen-bond donors (Lipinski definition) is 1. The second kappa shape index (κ2) is 11.5. The van der Waals surface area contributed by atoms with Gasteiger partial charge in [0.05, 0.1) is 12.8 Å². The lowest BCUT2D eigenvalue weighted by molar-refractivity contribution is -0.117. The van der Waals surface area contributed by atoms with Crippen molar-refractivity contribution < 1.29 is 19.1 Å². The number of para-hydroxylation sites is 1. The standard InChI is InChI=1S/C32H36N4O4/c1-34(2)17-14-33-30(38)26-10-12-32(20-26)13-16-36(27-7-5-4-6-25(27)19-32)31(39)24-8-9-28(29(18-24)40-3)35-15-11-23(21-35)22-37/h4-9,11,15,18,20-22H,10,12-14,16-17,19H2,1-3H3,(H,33,38). The van der Waals surface area contributed by atoms with Gasteiger partial charge in [0.15, 0.2) is 6.29 Å². The molecule has 1 aromatic heterocycles. The zero-order valence-corrected chi connectivity index (χ0v) is 23.4. The molecule has 2 heterocycles. The Bertz CT molecular complexity index is 1460. The van der Waals surface area contributed by atoms with Crippen molar-refractivity contribution >= 4 is 23.8 Å². The van der Waals surface area contributed by atoms with E-state index in [2.05, 4.69) is 17.5 Å². The number of allylic oxidation sites excluding steroid dienone is 1. The number of aldehydes is 1. The molecule has 0 saturated heterocycles. The summed E-state index contributed by atoms with van der Waals surface area (Å²) < 4.78 is 7.45. The fourth-order valence-electron chi connectivity index (χ4n) is 5.79. The normalized spacial score (nSPS) is 18.3. The Hall–Kier alpha value is -4.17. The molecular weight excluding hydrogens is 504 g/mol. The molecule has 8 heteroatoms. The lowest BCUT2D eigenvalue weighted by atomic mass is 9.79. The van der Waals surface area contributed by atoms with Crippen LogP contribution in [0.5, 0.6) is 5.75 Å². The van der Waals surface area contributed by atoms with Crippen LogP contribution in [0.4, 0.5) is 5.69 Å². The Morgan fingerprint density at radius 3 is 2.67 bits per heavy atom. The molecule has 0 fully saturated rings. The van der Waals surface area contributed by atoms with Gasteiger partial charge in [-0.2, -0.15) is 0 Å². The van der Waals surface area contributed by atoms with E-state index in [0.717, 1.165) is 61.0 Å². The summed E-state index contributed by atoms with van der Waals surface area (Å²) in [5, 5.41) is 3.05. The van der Waals surface area contributed by atoms with Crippen LogP contribution in [-0.4, -0.2) is 68.4 Å². The van der Waals surface area contributed by atoms with Crippen molar-refractivity contribution in [2.75, 3.05) is 45.7 Å². The molecule has 208 valence electrons. The second-order valence-electron chi connectivity index (χ2n) is 11.0. The number of methoxy groups -OCH3 is 1. The number of anilines is 1. The van der Waals surface area contributed by atoms with Crippen LogP contribution >= 0.6 is 0 Å². The zero-order valence-electron chi connectivity index (χ0n) is 23.4. The van der Waals surface area contributed by atoms with Gasteiger partial charge >= 0.3 is 0 Å². The summed E-state index contributed by atoms with van der Waals surface area (Å²) in [4.78, 5) is 41.9. The molecule has 1 unspecified atom stereocenters. The second-order valence-corrected chi connectivity index (χ2v) is 11.0. The summed E-state index contributed by atoms with van der Waals surface area (Å²) >= 11 is 0. The van der Waals surface area contributed by atoms with Crippen molar-refractivity contribution in [1.82, 2.24) is 14.8 Å². The number of ether oxygens (including phenoxy) is 1. The summed E-state index contributed by atoms with van der Waals surface area (Å²) in [7, 11) is 5.55. The zero-order chi connectivity index (χ0) is 28.3. The van der Waals surface area contributed by atoms with E-state index in [1.54, 1.807) is 37.7 Å². The van der Waals surface area contributed by atoms with E-state index in [1.807, 2.05) is 52.7 Å². The van der Waals surface area contributed by atoms with Crippen LogP contribution in [0.1, 0.15) is 45.5 Å². The highest BCUT2D eigenvalue weighted by Crippen LogP contribution is 2.46. The first-order chi connectivity index (χ1) is 19.3. The number of hydrogen-bond acceptors (Lipinski definition) is 5. The van der Waals surface area contributed by atoms with Crippen LogP contribution in [0.3, 0.4) is 0 Å². The van der Waals surface area contributed by atoms with E-state index in [9.17, 15) is 14.4 Å². The number of amides is 2. The predicted molar refractivity (Wildman–Crippen MR) is 155 cm³/mol. The number of fused-ring (bicyclic) bond motifs is 1. The number of likely N-dealkylation sites (N-methyl/N-ethyl adjacent to an activating group) is 1. The fraction of sp³-hybridized carbons (Fsp3) is 0.344. The van der Waals surface area contributed by atoms with Crippen LogP contribution in [-0.2, 0) is 11.2 Å². The van der Waals surface area contributed by atoms with E-state index in [0.29, 0.717) is 30.0 Å². The molecule has 1 N–H and O–H groups in total. The third kappa shape index (κ3) is 5.58. The largest absolute Gasteiger partial charge is 0.495 e.